The second-order valence-electron chi connectivity index (χ2n) is 5.99. The molecule has 0 spiro atoms. The van der Waals surface area contributed by atoms with Crippen molar-refractivity contribution in [2.45, 2.75) is 34.1 Å². The first-order valence-corrected chi connectivity index (χ1v) is 7.35. The van der Waals surface area contributed by atoms with Gasteiger partial charge >= 0.3 is 0 Å². The normalized spacial score (nSPS) is 11.5. The van der Waals surface area contributed by atoms with Gasteiger partial charge in [0.1, 0.15) is 5.69 Å². The van der Waals surface area contributed by atoms with E-state index in [0.717, 1.165) is 29.1 Å². The molecule has 21 heavy (non-hydrogen) atoms. The maximum Gasteiger partial charge on any atom is 0.229 e. The summed E-state index contributed by atoms with van der Waals surface area (Å²) in [6.07, 6.45) is 0.764. The predicted octanol–water partition coefficient (Wildman–Crippen LogP) is 4.28. The van der Waals surface area contributed by atoms with Crippen LogP contribution in [0.25, 0.3) is 11.3 Å². The number of carbonyl (C=O) groups excluding carboxylic acids is 1. The summed E-state index contributed by atoms with van der Waals surface area (Å²) in [5.74, 6) is -0.0335. The van der Waals surface area contributed by atoms with Crippen LogP contribution in [0.3, 0.4) is 0 Å². The first-order valence-electron chi connectivity index (χ1n) is 6.97. The molecular formula is C16H20ClN3O. The number of aryl methyl sites for hydroxylation is 1. The first kappa shape index (κ1) is 15.6. The van der Waals surface area contributed by atoms with Gasteiger partial charge in [-0.15, -0.1) is 0 Å². The van der Waals surface area contributed by atoms with E-state index in [9.17, 15) is 4.79 Å². The summed E-state index contributed by atoms with van der Waals surface area (Å²) < 4.78 is 0. The van der Waals surface area contributed by atoms with Crippen molar-refractivity contribution in [2.75, 3.05) is 5.32 Å². The molecule has 0 aliphatic carbocycles. The van der Waals surface area contributed by atoms with Gasteiger partial charge in [0.05, 0.1) is 11.4 Å². The molecule has 0 unspecified atom stereocenters. The molecule has 4 nitrogen and oxygen atoms in total. The fourth-order valence-corrected chi connectivity index (χ4v) is 2.01. The first-order chi connectivity index (χ1) is 9.82. The van der Waals surface area contributed by atoms with Crippen LogP contribution in [-0.2, 0) is 11.2 Å². The molecule has 0 fully saturated rings. The van der Waals surface area contributed by atoms with Crippen LogP contribution in [0.1, 0.15) is 33.4 Å². The summed E-state index contributed by atoms with van der Waals surface area (Å²) in [6, 6.07) is 7.41. The number of hydrogen-bond donors (Lipinski definition) is 2. The number of nitrogens with one attached hydrogen (secondary N) is 2. The van der Waals surface area contributed by atoms with E-state index in [1.165, 1.54) is 0 Å². The van der Waals surface area contributed by atoms with Crippen LogP contribution in [0.5, 0.6) is 0 Å². The standard InChI is InChI=1S/C16H20ClN3O/c1-5-12-14(18-15(21)16(2,3)4)13(20-19-12)10-6-8-11(17)9-7-10/h6-9H,5H2,1-4H3,(H,18,21)(H,19,20). The summed E-state index contributed by atoms with van der Waals surface area (Å²) in [7, 11) is 0. The topological polar surface area (TPSA) is 57.8 Å². The fourth-order valence-electron chi connectivity index (χ4n) is 1.89. The van der Waals surface area contributed by atoms with E-state index < -0.39 is 5.41 Å². The van der Waals surface area contributed by atoms with Crippen molar-refractivity contribution in [1.29, 1.82) is 0 Å². The van der Waals surface area contributed by atoms with Crippen LogP contribution in [0, 0.1) is 5.41 Å². The van der Waals surface area contributed by atoms with Crippen LogP contribution in [-0.4, -0.2) is 16.1 Å². The maximum absolute atomic E-state index is 12.3. The van der Waals surface area contributed by atoms with E-state index >= 15 is 0 Å². The Morgan fingerprint density at radius 3 is 2.43 bits per heavy atom. The monoisotopic (exact) mass is 305 g/mol. The van der Waals surface area contributed by atoms with Gasteiger partial charge in [0.2, 0.25) is 5.91 Å². The highest BCUT2D eigenvalue weighted by Crippen LogP contribution is 2.31. The van der Waals surface area contributed by atoms with Gasteiger partial charge in [-0.05, 0) is 18.6 Å². The number of hydrogen-bond acceptors (Lipinski definition) is 2. The van der Waals surface area contributed by atoms with Crippen molar-refractivity contribution in [3.8, 4) is 11.3 Å². The summed E-state index contributed by atoms with van der Waals surface area (Å²) in [4.78, 5) is 12.3. The molecule has 5 heteroatoms. The summed E-state index contributed by atoms with van der Waals surface area (Å²) in [6.45, 7) is 7.67. The lowest BCUT2D eigenvalue weighted by molar-refractivity contribution is -0.123. The molecule has 0 aliphatic heterocycles. The van der Waals surface area contributed by atoms with E-state index in [1.807, 2.05) is 52.0 Å². The summed E-state index contributed by atoms with van der Waals surface area (Å²) >= 11 is 5.92. The third-order valence-corrected chi connectivity index (χ3v) is 3.48. The molecule has 1 heterocycles. The number of anilines is 1. The van der Waals surface area contributed by atoms with Gasteiger partial charge in [-0.2, -0.15) is 5.10 Å². The molecule has 0 atom stereocenters. The average Bonchev–Trinajstić information content (AvgIpc) is 2.81. The zero-order valence-electron chi connectivity index (χ0n) is 12.7. The van der Waals surface area contributed by atoms with E-state index in [2.05, 4.69) is 15.5 Å². The Morgan fingerprint density at radius 2 is 1.90 bits per heavy atom. The zero-order valence-corrected chi connectivity index (χ0v) is 13.5. The van der Waals surface area contributed by atoms with Crippen LogP contribution in [0.15, 0.2) is 24.3 Å². The second-order valence-corrected chi connectivity index (χ2v) is 6.43. The Bertz CT molecular complexity index is 639. The molecule has 0 radical (unpaired) electrons. The van der Waals surface area contributed by atoms with E-state index in [0.29, 0.717) is 5.02 Å². The number of aromatic amines is 1. The van der Waals surface area contributed by atoms with Gasteiger partial charge in [-0.25, -0.2) is 0 Å². The fraction of sp³-hybridized carbons (Fsp3) is 0.375. The molecule has 2 N–H and O–H groups in total. The molecule has 0 bridgehead atoms. The highest BCUT2D eigenvalue weighted by Gasteiger charge is 2.24. The molecule has 0 saturated heterocycles. The molecular weight excluding hydrogens is 286 g/mol. The summed E-state index contributed by atoms with van der Waals surface area (Å²) in [5, 5.41) is 11.0. The van der Waals surface area contributed by atoms with E-state index in [1.54, 1.807) is 0 Å². The van der Waals surface area contributed by atoms with Crippen molar-refractivity contribution in [3.63, 3.8) is 0 Å². The molecule has 0 aliphatic rings. The smallest absolute Gasteiger partial charge is 0.229 e. The largest absolute Gasteiger partial charge is 0.322 e. The minimum Gasteiger partial charge on any atom is -0.322 e. The highest BCUT2D eigenvalue weighted by molar-refractivity contribution is 6.30. The molecule has 1 aromatic heterocycles. The number of amides is 1. The molecule has 1 aromatic carbocycles. The van der Waals surface area contributed by atoms with Crippen LogP contribution >= 0.6 is 11.6 Å². The van der Waals surface area contributed by atoms with Gasteiger partial charge in [0, 0.05) is 16.0 Å². The van der Waals surface area contributed by atoms with Crippen molar-refractivity contribution < 1.29 is 4.79 Å². The van der Waals surface area contributed by atoms with Crippen LogP contribution < -0.4 is 5.32 Å². The van der Waals surface area contributed by atoms with Gasteiger partial charge in [0.25, 0.3) is 0 Å². The molecule has 0 saturated carbocycles. The number of H-pyrrole nitrogens is 1. The number of halogens is 1. The predicted molar refractivity (Wildman–Crippen MR) is 86.5 cm³/mol. The number of nitrogens with zero attached hydrogens (tertiary/aromatic N) is 1. The van der Waals surface area contributed by atoms with Gasteiger partial charge < -0.3 is 5.32 Å². The summed E-state index contributed by atoms with van der Waals surface area (Å²) in [5.41, 5.74) is 2.86. The Labute approximate surface area is 129 Å². The minimum atomic E-state index is -0.459. The van der Waals surface area contributed by atoms with Crippen LogP contribution in [0.4, 0.5) is 5.69 Å². The van der Waals surface area contributed by atoms with Crippen molar-refractivity contribution in [2.24, 2.45) is 5.41 Å². The Kier molecular flexibility index (Phi) is 4.37. The van der Waals surface area contributed by atoms with Crippen LogP contribution in [0.2, 0.25) is 5.02 Å². The zero-order chi connectivity index (χ0) is 15.6. The number of aromatic nitrogens is 2. The van der Waals surface area contributed by atoms with Gasteiger partial charge in [0.15, 0.2) is 0 Å². The lowest BCUT2D eigenvalue weighted by atomic mass is 9.95. The molecule has 2 rings (SSSR count). The minimum absolute atomic E-state index is 0.0335. The van der Waals surface area contributed by atoms with Gasteiger partial charge in [-0.3, -0.25) is 9.89 Å². The molecule has 112 valence electrons. The van der Waals surface area contributed by atoms with Gasteiger partial charge in [-0.1, -0.05) is 51.4 Å². The third kappa shape index (κ3) is 3.45. The number of carbonyl (C=O) groups is 1. The third-order valence-electron chi connectivity index (χ3n) is 3.23. The number of benzene rings is 1. The molecule has 1 amide bonds. The quantitative estimate of drug-likeness (QED) is 0.889. The number of rotatable bonds is 3. The SMILES string of the molecule is CCc1[nH]nc(-c2ccc(Cl)cc2)c1NC(=O)C(C)(C)C. The van der Waals surface area contributed by atoms with Crippen molar-refractivity contribution >= 4 is 23.2 Å². The van der Waals surface area contributed by atoms with Crippen molar-refractivity contribution in [1.82, 2.24) is 10.2 Å². The maximum atomic E-state index is 12.3. The highest BCUT2D eigenvalue weighted by atomic mass is 35.5. The molecule has 2 aromatic rings. The van der Waals surface area contributed by atoms with E-state index in [4.69, 9.17) is 11.6 Å². The lowest BCUT2D eigenvalue weighted by Crippen LogP contribution is -2.28. The Balaban J connectivity index is 2.42. The Morgan fingerprint density at radius 1 is 1.29 bits per heavy atom. The van der Waals surface area contributed by atoms with E-state index in [-0.39, 0.29) is 5.91 Å². The lowest BCUT2D eigenvalue weighted by Gasteiger charge is -2.18. The Hall–Kier alpha value is -1.81. The average molecular weight is 306 g/mol. The second kappa shape index (κ2) is 5.90. The van der Waals surface area contributed by atoms with Crippen molar-refractivity contribution in [3.05, 3.63) is 35.0 Å².